The van der Waals surface area contributed by atoms with Gasteiger partial charge in [0, 0.05) is 17.6 Å². The number of carboxylic acid groups (broad SMARTS) is 6. The molecule has 19 rings (SSSR count). The van der Waals surface area contributed by atoms with E-state index in [2.05, 4.69) is 134 Å². The molecule has 27 unspecified atom stereocenters. The van der Waals surface area contributed by atoms with Gasteiger partial charge in [-0.3, -0.25) is 28.8 Å². The van der Waals surface area contributed by atoms with E-state index in [1.54, 1.807) is 36.8 Å². The standard InChI is InChI=1S/C25H36O6.2C20H30O2.2C10H14.C8H10O2.C5H6O4/c1-13(2)15-12-25-10-7-16-23(3,8-6-9-24(16,4)22(29)30)17(25)11-14(15)18(21(28)31-5)19(25)20(26)27;2*1-13(2)14-6-8-16-15(12-14)7-9-17-19(16,3)10-5-11-20(17,4)18(21)22;2*1-2-9-7-4-5-8(6-7)10(9)3-1;9-8(10)7-4-5-1-2-6(7)3-5;1-9-5(8)3-2-4(6)7/h12-14,16-19H,6-11H2,1-5H3,(H,26,27)(H,29,30);2*6,12-13,16-17H,5,7-11H2,1-4H3,(H,21,22);2*1-2,7-10H,3-6H2;1-2,5-7H,3-4H2,(H,9,10);2-3H,1H3,(H,6,7)/b;;;;;;3-2-. The van der Waals surface area contributed by atoms with Crippen LogP contribution in [-0.4, -0.2) is 92.6 Å². The van der Waals surface area contributed by atoms with Gasteiger partial charge in [-0.25, -0.2) is 9.59 Å². The number of carboxylic acids is 6. The summed E-state index contributed by atoms with van der Waals surface area (Å²) < 4.78 is 9.23. The maximum absolute atomic E-state index is 12.9. The zero-order valence-corrected chi connectivity index (χ0v) is 71.3. The largest absolute Gasteiger partial charge is 0.481 e. The van der Waals surface area contributed by atoms with Gasteiger partial charge in [-0.15, -0.1) is 0 Å². The number of aliphatic carboxylic acids is 6. The van der Waals surface area contributed by atoms with Gasteiger partial charge >= 0.3 is 47.8 Å². The molecule has 12 saturated carbocycles. The van der Waals surface area contributed by atoms with Crippen LogP contribution in [0.15, 0.2) is 107 Å². The van der Waals surface area contributed by atoms with Crippen molar-refractivity contribution in [3.05, 3.63) is 107 Å². The predicted molar refractivity (Wildman–Crippen MR) is 441 cm³/mol. The van der Waals surface area contributed by atoms with E-state index in [0.717, 1.165) is 150 Å². The van der Waals surface area contributed by atoms with Crippen LogP contribution in [0.25, 0.3) is 0 Å². The average Bonchev–Trinajstić information content (AvgIpc) is 1.55. The molecule has 0 radical (unpaired) electrons. The zero-order valence-electron chi connectivity index (χ0n) is 71.3. The van der Waals surface area contributed by atoms with Crippen molar-refractivity contribution in [2.24, 2.45) is 174 Å². The zero-order chi connectivity index (χ0) is 82.7. The summed E-state index contributed by atoms with van der Waals surface area (Å²) in [5.74, 6) is 5.49. The van der Waals surface area contributed by atoms with Crippen molar-refractivity contribution in [3.8, 4) is 0 Å². The fourth-order valence-electron chi connectivity index (χ4n) is 29.3. The molecule has 19 aliphatic carbocycles. The lowest BCUT2D eigenvalue weighted by Crippen LogP contribution is -2.66. The van der Waals surface area contributed by atoms with Crippen molar-refractivity contribution in [1.29, 1.82) is 0 Å². The molecule has 16 nitrogen and oxygen atoms in total. The molecule has 8 bridgehead atoms. The first-order valence-electron chi connectivity index (χ1n) is 44.6. The van der Waals surface area contributed by atoms with E-state index >= 15 is 0 Å². The van der Waals surface area contributed by atoms with E-state index in [-0.39, 0.29) is 45.8 Å². The Hall–Kier alpha value is -6.58. The lowest BCUT2D eigenvalue weighted by Gasteiger charge is -2.68. The number of methoxy groups -OCH3 is 2. The number of allylic oxidation sites excluding steroid dienone is 16. The second-order valence-electron chi connectivity index (χ2n) is 41.3. The van der Waals surface area contributed by atoms with Gasteiger partial charge < -0.3 is 40.1 Å². The lowest BCUT2D eigenvalue weighted by molar-refractivity contribution is -0.208. The predicted octanol–water partition coefficient (Wildman–Crippen LogP) is 21.1. The summed E-state index contributed by atoms with van der Waals surface area (Å²) in [5, 5.41) is 56.8. The normalized spacial score (nSPS) is 42.8. The second-order valence-corrected chi connectivity index (χ2v) is 41.3. The highest BCUT2D eigenvalue weighted by molar-refractivity contribution is 5.90. The molecule has 0 aliphatic heterocycles. The third kappa shape index (κ3) is 16.0. The topological polar surface area (TPSA) is 276 Å². The number of hydrogen-bond donors (Lipinski definition) is 6. The summed E-state index contributed by atoms with van der Waals surface area (Å²) in [6.07, 6.45) is 58.8. The molecule has 114 heavy (non-hydrogen) atoms. The highest BCUT2D eigenvalue weighted by atomic mass is 16.5. The van der Waals surface area contributed by atoms with E-state index in [0.29, 0.717) is 72.7 Å². The van der Waals surface area contributed by atoms with Crippen molar-refractivity contribution in [1.82, 2.24) is 0 Å². The summed E-state index contributed by atoms with van der Waals surface area (Å²) >= 11 is 0. The van der Waals surface area contributed by atoms with Gasteiger partial charge in [-0.1, -0.05) is 165 Å². The molecule has 628 valence electrons. The third-order valence-corrected chi connectivity index (χ3v) is 35.0. The first-order valence-corrected chi connectivity index (χ1v) is 44.6. The molecular formula is C98H140O16. The Bertz CT molecular complexity index is 3810. The Morgan fingerprint density at radius 3 is 1.31 bits per heavy atom. The molecule has 1 spiro atoms. The Labute approximate surface area is 680 Å². The lowest BCUT2D eigenvalue weighted by atomic mass is 9.34. The van der Waals surface area contributed by atoms with Crippen molar-refractivity contribution in [3.63, 3.8) is 0 Å². The third-order valence-electron chi connectivity index (χ3n) is 35.0. The first kappa shape index (κ1) is 86.8. The van der Waals surface area contributed by atoms with E-state index in [4.69, 9.17) is 14.9 Å². The highest BCUT2D eigenvalue weighted by Crippen LogP contribution is 2.74. The van der Waals surface area contributed by atoms with Crippen LogP contribution in [0.5, 0.6) is 0 Å². The Balaban J connectivity index is 0.000000129. The second kappa shape index (κ2) is 34.0. The van der Waals surface area contributed by atoms with Gasteiger partial charge in [0.2, 0.25) is 0 Å². The number of esters is 2. The molecule has 0 amide bonds. The Morgan fingerprint density at radius 1 is 0.465 bits per heavy atom. The van der Waals surface area contributed by atoms with Gasteiger partial charge in [0.05, 0.1) is 48.2 Å². The molecule has 0 heterocycles. The first-order chi connectivity index (χ1) is 53.8. The molecule has 0 saturated heterocycles. The molecule has 19 aliphatic rings. The van der Waals surface area contributed by atoms with Gasteiger partial charge in [-0.05, 0) is 327 Å². The number of carbonyl (C=O) groups excluding carboxylic acids is 2. The minimum Gasteiger partial charge on any atom is -0.481 e. The fraction of sp³-hybridized carbons (Fsp3) is 0.735. The minimum atomic E-state index is -1.17. The Morgan fingerprint density at radius 2 is 0.930 bits per heavy atom. The van der Waals surface area contributed by atoms with Crippen molar-refractivity contribution >= 4 is 47.8 Å². The quantitative estimate of drug-likeness (QED) is 0.0637. The van der Waals surface area contributed by atoms with Crippen LogP contribution in [-0.2, 0) is 47.8 Å². The van der Waals surface area contributed by atoms with Crippen LogP contribution in [0, 0.1) is 174 Å². The van der Waals surface area contributed by atoms with Gasteiger partial charge in [0.15, 0.2) is 0 Å². The van der Waals surface area contributed by atoms with Crippen LogP contribution in [0.4, 0.5) is 0 Å². The van der Waals surface area contributed by atoms with Crippen LogP contribution in [0.1, 0.15) is 263 Å². The number of ether oxygens (including phenoxy) is 2. The number of fused-ring (bicyclic) bond motifs is 20. The summed E-state index contributed by atoms with van der Waals surface area (Å²) in [6.45, 7) is 26.1. The maximum Gasteiger partial charge on any atom is 0.330 e. The monoisotopic (exact) mass is 1570 g/mol. The van der Waals surface area contributed by atoms with E-state index in [1.807, 2.05) is 20.8 Å². The van der Waals surface area contributed by atoms with Crippen LogP contribution >= 0.6 is 0 Å². The van der Waals surface area contributed by atoms with E-state index < -0.39 is 81.3 Å². The number of hydrogen-bond acceptors (Lipinski definition) is 10. The molecule has 6 N–H and O–H groups in total. The molecule has 0 aromatic rings. The van der Waals surface area contributed by atoms with Gasteiger partial charge in [-0.2, -0.15) is 0 Å². The van der Waals surface area contributed by atoms with Gasteiger partial charge in [0.1, 0.15) is 0 Å². The number of rotatable bonds is 11. The molecular weight excluding hydrogens is 1430 g/mol. The maximum atomic E-state index is 12.9. The summed E-state index contributed by atoms with van der Waals surface area (Å²) in [4.78, 5) is 92.2. The minimum absolute atomic E-state index is 0.0168. The van der Waals surface area contributed by atoms with Crippen molar-refractivity contribution in [2.45, 2.75) is 263 Å². The summed E-state index contributed by atoms with van der Waals surface area (Å²) in [6, 6.07) is 0. The van der Waals surface area contributed by atoms with Crippen LogP contribution < -0.4 is 0 Å². The molecule has 0 aromatic carbocycles. The van der Waals surface area contributed by atoms with E-state index in [9.17, 15) is 58.8 Å². The fourth-order valence-corrected chi connectivity index (χ4v) is 29.3. The molecule has 27 atom stereocenters. The van der Waals surface area contributed by atoms with Crippen molar-refractivity contribution in [2.75, 3.05) is 14.2 Å². The summed E-state index contributed by atoms with van der Waals surface area (Å²) in [5.41, 5.74) is 4.94. The van der Waals surface area contributed by atoms with Gasteiger partial charge in [0.25, 0.3) is 0 Å². The molecule has 12 fully saturated rings. The average molecular weight is 1570 g/mol. The van der Waals surface area contributed by atoms with Crippen LogP contribution in [0.3, 0.4) is 0 Å². The Kier molecular flexibility index (Phi) is 25.9. The van der Waals surface area contributed by atoms with E-state index in [1.165, 1.54) is 69.5 Å². The molecule has 16 heteroatoms. The molecule has 0 aromatic heterocycles. The summed E-state index contributed by atoms with van der Waals surface area (Å²) in [7, 11) is 2.52. The van der Waals surface area contributed by atoms with Crippen LogP contribution in [0.2, 0.25) is 0 Å². The number of carbonyl (C=O) groups is 8. The van der Waals surface area contributed by atoms with Crippen molar-refractivity contribution < 1.29 is 78.5 Å². The smallest absolute Gasteiger partial charge is 0.330 e. The highest BCUT2D eigenvalue weighted by Gasteiger charge is 2.72. The SMILES string of the molecule is C1=CC2C3CCC(C3)C2C1.C1=CC2C3CCC(C3)C2C1.CC(C)C1=CCC2C(=C1)CCC1C(C)(C(=O)O)CCCC21C.CC(C)C1=CCC2C(=C1)CCC1C(C)(C(=O)O)CCCC21C.COC(=O)/C=C\C(=O)O.COC(=O)C1C2CC3C4(C)CCCC(C)(C(=O)O)C4CCC3(C=C2C(C)C)C1C(=O)O.O=C(O)C1CC2C=CC1C2.